The van der Waals surface area contributed by atoms with Gasteiger partial charge in [-0.2, -0.15) is 0 Å². The summed E-state index contributed by atoms with van der Waals surface area (Å²) in [4.78, 5) is 32.1. The van der Waals surface area contributed by atoms with Crippen molar-refractivity contribution in [3.8, 4) is 0 Å². The molecule has 0 bridgehead atoms. The van der Waals surface area contributed by atoms with Crippen molar-refractivity contribution in [3.63, 3.8) is 0 Å². The Morgan fingerprint density at radius 3 is 2.43 bits per heavy atom. The van der Waals surface area contributed by atoms with Crippen LogP contribution in [0.5, 0.6) is 0 Å². The molecule has 3 heterocycles. The molecule has 1 saturated heterocycles. The number of sulfonamides is 1. The van der Waals surface area contributed by atoms with Crippen LogP contribution in [0.3, 0.4) is 0 Å². The summed E-state index contributed by atoms with van der Waals surface area (Å²) in [5, 5.41) is 3.51. The lowest BCUT2D eigenvalue weighted by molar-refractivity contribution is 0.0302. The number of hydrogen-bond donors (Lipinski definition) is 1. The maximum atomic E-state index is 13.5. The number of thiophene rings is 1. The first kappa shape index (κ1) is 25.8. The molecule has 0 radical (unpaired) electrons. The van der Waals surface area contributed by atoms with Crippen molar-refractivity contribution in [2.24, 2.45) is 0 Å². The highest BCUT2D eigenvalue weighted by atomic mass is 32.2. The van der Waals surface area contributed by atoms with E-state index < -0.39 is 10.0 Å². The van der Waals surface area contributed by atoms with Crippen LogP contribution >= 0.6 is 11.3 Å². The second kappa shape index (κ2) is 10.8. The summed E-state index contributed by atoms with van der Waals surface area (Å²) in [6.07, 6.45) is 1.83. The Hall–Kier alpha value is -2.31. The average molecular weight is 521 g/mol. The SMILES string of the molecule is CCCN1CCc2c(sc(NC(=O)c3ccc(S(=O)(=O)N(C)C)cc3)c2C(=O)N2CCOCC2)C1. The van der Waals surface area contributed by atoms with Crippen LogP contribution in [-0.4, -0.2) is 87.8 Å². The molecular formula is C24H32N4O5S2. The van der Waals surface area contributed by atoms with Gasteiger partial charge in [-0.05, 0) is 49.2 Å². The van der Waals surface area contributed by atoms with Crippen molar-refractivity contribution >= 4 is 38.2 Å². The van der Waals surface area contributed by atoms with E-state index in [2.05, 4.69) is 17.1 Å². The first-order chi connectivity index (χ1) is 16.7. The molecule has 1 aromatic heterocycles. The summed E-state index contributed by atoms with van der Waals surface area (Å²) in [7, 11) is -0.659. The number of amides is 2. The summed E-state index contributed by atoms with van der Waals surface area (Å²) in [5.41, 5.74) is 1.94. The number of hydrogen-bond acceptors (Lipinski definition) is 7. The van der Waals surface area contributed by atoms with E-state index in [4.69, 9.17) is 4.74 Å². The van der Waals surface area contributed by atoms with Gasteiger partial charge in [-0.15, -0.1) is 11.3 Å². The first-order valence-corrected chi connectivity index (χ1v) is 14.1. The molecule has 2 aromatic rings. The topological polar surface area (TPSA) is 99.3 Å². The van der Waals surface area contributed by atoms with Gasteiger partial charge in [0.25, 0.3) is 11.8 Å². The molecule has 2 aliphatic rings. The molecule has 2 aliphatic heterocycles. The fraction of sp³-hybridized carbons (Fsp3) is 0.500. The van der Waals surface area contributed by atoms with E-state index in [0.717, 1.165) is 47.2 Å². The van der Waals surface area contributed by atoms with Crippen LogP contribution in [0.2, 0.25) is 0 Å². The largest absolute Gasteiger partial charge is 0.378 e. The van der Waals surface area contributed by atoms with Crippen LogP contribution < -0.4 is 5.32 Å². The minimum atomic E-state index is -3.58. The van der Waals surface area contributed by atoms with E-state index in [-0.39, 0.29) is 16.7 Å². The number of fused-ring (bicyclic) bond motifs is 1. The lowest BCUT2D eigenvalue weighted by Crippen LogP contribution is -2.41. The van der Waals surface area contributed by atoms with Crippen LogP contribution in [0.25, 0.3) is 0 Å². The molecule has 190 valence electrons. The highest BCUT2D eigenvalue weighted by Crippen LogP contribution is 2.38. The zero-order valence-corrected chi connectivity index (χ0v) is 22.0. The van der Waals surface area contributed by atoms with Gasteiger partial charge in [0.1, 0.15) is 5.00 Å². The molecule has 4 rings (SSSR count). The lowest BCUT2D eigenvalue weighted by atomic mass is 10.0. The zero-order valence-electron chi connectivity index (χ0n) is 20.4. The number of benzene rings is 1. The first-order valence-electron chi connectivity index (χ1n) is 11.8. The van der Waals surface area contributed by atoms with Crippen molar-refractivity contribution in [1.82, 2.24) is 14.1 Å². The molecule has 1 aromatic carbocycles. The fourth-order valence-corrected chi connectivity index (χ4v) is 6.55. The van der Waals surface area contributed by atoms with Gasteiger partial charge in [0, 0.05) is 50.7 Å². The summed E-state index contributed by atoms with van der Waals surface area (Å²) >= 11 is 1.46. The second-order valence-corrected chi connectivity index (χ2v) is 12.2. The monoisotopic (exact) mass is 520 g/mol. The Kier molecular flexibility index (Phi) is 7.92. The molecule has 35 heavy (non-hydrogen) atoms. The number of carbonyl (C=O) groups is 2. The molecule has 0 spiro atoms. The Labute approximate surface area is 210 Å². The zero-order chi connectivity index (χ0) is 25.2. The quantitative estimate of drug-likeness (QED) is 0.602. The molecule has 0 saturated carbocycles. The summed E-state index contributed by atoms with van der Waals surface area (Å²) in [5.74, 6) is -0.448. The normalized spacial score (nSPS) is 16.9. The number of nitrogens with one attached hydrogen (secondary N) is 1. The van der Waals surface area contributed by atoms with Crippen LogP contribution in [-0.2, 0) is 27.7 Å². The number of carbonyl (C=O) groups excluding carboxylic acids is 2. The van der Waals surface area contributed by atoms with Crippen molar-refractivity contribution in [1.29, 1.82) is 0 Å². The molecule has 0 aliphatic carbocycles. The lowest BCUT2D eigenvalue weighted by Gasteiger charge is -2.29. The number of rotatable bonds is 7. The van der Waals surface area contributed by atoms with Gasteiger partial charge in [-0.3, -0.25) is 14.5 Å². The molecule has 1 fully saturated rings. The van der Waals surface area contributed by atoms with Crippen molar-refractivity contribution in [3.05, 3.63) is 45.8 Å². The van der Waals surface area contributed by atoms with Crippen molar-refractivity contribution < 1.29 is 22.7 Å². The van der Waals surface area contributed by atoms with Gasteiger partial charge in [-0.25, -0.2) is 12.7 Å². The van der Waals surface area contributed by atoms with Gasteiger partial charge in [0.15, 0.2) is 0 Å². The molecule has 1 N–H and O–H groups in total. The fourth-order valence-electron chi connectivity index (χ4n) is 4.37. The minimum absolute atomic E-state index is 0.0718. The van der Waals surface area contributed by atoms with E-state index in [0.29, 0.717) is 42.4 Å². The highest BCUT2D eigenvalue weighted by Gasteiger charge is 2.31. The van der Waals surface area contributed by atoms with Crippen LogP contribution in [0, 0.1) is 0 Å². The maximum absolute atomic E-state index is 13.5. The highest BCUT2D eigenvalue weighted by molar-refractivity contribution is 7.89. The van der Waals surface area contributed by atoms with E-state index in [9.17, 15) is 18.0 Å². The third-order valence-electron chi connectivity index (χ3n) is 6.31. The minimum Gasteiger partial charge on any atom is -0.378 e. The smallest absolute Gasteiger partial charge is 0.257 e. The predicted molar refractivity (Wildman–Crippen MR) is 136 cm³/mol. The number of ether oxygens (including phenoxy) is 1. The molecule has 9 nitrogen and oxygen atoms in total. The molecule has 2 amide bonds. The summed E-state index contributed by atoms with van der Waals surface area (Å²) in [6.45, 7) is 6.87. The summed E-state index contributed by atoms with van der Waals surface area (Å²) < 4.78 is 31.2. The Bertz CT molecular complexity index is 1190. The third kappa shape index (κ3) is 5.44. The van der Waals surface area contributed by atoms with Gasteiger partial charge in [0.2, 0.25) is 10.0 Å². The molecule has 0 unspecified atom stereocenters. The maximum Gasteiger partial charge on any atom is 0.257 e. The molecular weight excluding hydrogens is 488 g/mol. The molecule has 11 heteroatoms. The summed E-state index contributed by atoms with van der Waals surface area (Å²) in [6, 6.07) is 5.83. The van der Waals surface area contributed by atoms with Crippen LogP contribution in [0.4, 0.5) is 5.00 Å². The van der Waals surface area contributed by atoms with Crippen molar-refractivity contribution in [2.45, 2.75) is 31.2 Å². The van der Waals surface area contributed by atoms with E-state index in [1.54, 1.807) is 4.90 Å². The number of anilines is 1. The van der Waals surface area contributed by atoms with E-state index in [1.165, 1.54) is 49.7 Å². The van der Waals surface area contributed by atoms with Gasteiger partial charge >= 0.3 is 0 Å². The number of morpholine rings is 1. The van der Waals surface area contributed by atoms with Crippen LogP contribution in [0.1, 0.15) is 44.5 Å². The van der Waals surface area contributed by atoms with E-state index in [1.807, 2.05) is 0 Å². The third-order valence-corrected chi connectivity index (χ3v) is 9.27. The van der Waals surface area contributed by atoms with E-state index >= 15 is 0 Å². The van der Waals surface area contributed by atoms with Gasteiger partial charge in [0.05, 0.1) is 23.7 Å². The van der Waals surface area contributed by atoms with Crippen LogP contribution in [0.15, 0.2) is 29.2 Å². The number of nitrogens with zero attached hydrogens (tertiary/aromatic N) is 3. The standard InChI is InChI=1S/C24H32N4O5S2/c1-4-10-27-11-9-19-20(16-27)34-23(21(19)24(30)28-12-14-33-15-13-28)25-22(29)17-5-7-18(8-6-17)35(31,32)26(2)3/h5-8H,4,9-16H2,1-3H3,(H,25,29). The Morgan fingerprint density at radius 1 is 1.11 bits per heavy atom. The molecule has 0 atom stereocenters. The predicted octanol–water partition coefficient (Wildman–Crippen LogP) is 2.49. The second-order valence-electron chi connectivity index (χ2n) is 8.90. The average Bonchev–Trinajstić information content (AvgIpc) is 3.21. The van der Waals surface area contributed by atoms with Gasteiger partial charge in [-0.1, -0.05) is 6.92 Å². The Balaban J connectivity index is 1.62. The van der Waals surface area contributed by atoms with Crippen molar-refractivity contribution in [2.75, 3.05) is 58.8 Å². The van der Waals surface area contributed by atoms with Gasteiger partial charge < -0.3 is 15.0 Å². The Morgan fingerprint density at radius 2 is 1.80 bits per heavy atom.